The lowest BCUT2D eigenvalue weighted by Gasteiger charge is -2.13. The Morgan fingerprint density at radius 3 is 2.62 bits per heavy atom. The summed E-state index contributed by atoms with van der Waals surface area (Å²) in [4.78, 5) is 44.4. The molecule has 40 heavy (non-hydrogen) atoms. The number of benzene rings is 2. The van der Waals surface area contributed by atoms with Crippen molar-refractivity contribution >= 4 is 29.3 Å². The van der Waals surface area contributed by atoms with Crippen LogP contribution in [0.15, 0.2) is 60.9 Å². The molecule has 0 bridgehead atoms. The Balaban J connectivity index is 1.24. The molecule has 1 aliphatic heterocycles. The van der Waals surface area contributed by atoms with Crippen LogP contribution < -0.4 is 26.0 Å². The highest BCUT2D eigenvalue weighted by atomic mass is 16.5. The molecule has 11 heteroatoms. The third kappa shape index (κ3) is 8.00. The maximum absolute atomic E-state index is 12.8. The van der Waals surface area contributed by atoms with Crippen molar-refractivity contribution in [3.8, 4) is 17.0 Å². The largest absolute Gasteiger partial charge is 0.496 e. The smallest absolute Gasteiger partial charge is 0.303 e. The van der Waals surface area contributed by atoms with Gasteiger partial charge >= 0.3 is 5.97 Å². The molecule has 11 nitrogen and oxygen atoms in total. The Kier molecular flexibility index (Phi) is 10.0. The molecule has 2 aromatic carbocycles. The predicted molar refractivity (Wildman–Crippen MR) is 151 cm³/mol. The van der Waals surface area contributed by atoms with Crippen LogP contribution in [0.2, 0.25) is 0 Å². The highest BCUT2D eigenvalue weighted by molar-refractivity contribution is 5.95. The number of nitrogens with one attached hydrogen (secondary N) is 4. The van der Waals surface area contributed by atoms with Crippen molar-refractivity contribution in [1.82, 2.24) is 25.9 Å². The molecule has 2 unspecified atom stereocenters. The van der Waals surface area contributed by atoms with Crippen molar-refractivity contribution in [3.63, 3.8) is 0 Å². The molecular formula is C29H34N6O5. The number of methoxy groups -OCH3 is 1. The lowest BCUT2D eigenvalue weighted by molar-refractivity contribution is -0.137. The Morgan fingerprint density at radius 2 is 1.85 bits per heavy atom. The summed E-state index contributed by atoms with van der Waals surface area (Å²) >= 11 is 0. The molecule has 4 rings (SSSR count). The Morgan fingerprint density at radius 1 is 1.05 bits per heavy atom. The maximum atomic E-state index is 12.8. The van der Waals surface area contributed by atoms with E-state index in [-0.39, 0.29) is 30.3 Å². The van der Waals surface area contributed by atoms with Gasteiger partial charge in [-0.25, -0.2) is 9.97 Å². The van der Waals surface area contributed by atoms with Gasteiger partial charge in [0.15, 0.2) is 0 Å². The molecule has 1 saturated heterocycles. The number of carboxylic acids is 1. The van der Waals surface area contributed by atoms with Gasteiger partial charge in [0.05, 0.1) is 18.8 Å². The van der Waals surface area contributed by atoms with Gasteiger partial charge in [-0.1, -0.05) is 18.6 Å². The number of rotatable bonds is 13. The van der Waals surface area contributed by atoms with E-state index in [0.29, 0.717) is 37.3 Å². The van der Waals surface area contributed by atoms with E-state index in [1.807, 2.05) is 30.3 Å². The molecule has 1 aliphatic rings. The highest BCUT2D eigenvalue weighted by Crippen LogP contribution is 2.29. The molecule has 2 atom stereocenters. The zero-order valence-electron chi connectivity index (χ0n) is 22.4. The van der Waals surface area contributed by atoms with Gasteiger partial charge in [0.2, 0.25) is 5.91 Å². The molecule has 0 aliphatic carbocycles. The summed E-state index contributed by atoms with van der Waals surface area (Å²) in [7, 11) is 1.62. The summed E-state index contributed by atoms with van der Waals surface area (Å²) in [6.07, 6.45) is 4.21. The number of aromatic nitrogens is 2. The number of carbonyl (C=O) groups is 3. The second-order valence-corrected chi connectivity index (χ2v) is 9.55. The van der Waals surface area contributed by atoms with Gasteiger partial charge in [-0.15, -0.1) is 0 Å². The molecule has 0 radical (unpaired) electrons. The number of ether oxygens (including phenoxy) is 1. The maximum Gasteiger partial charge on any atom is 0.303 e. The molecular weight excluding hydrogens is 512 g/mol. The first-order chi connectivity index (χ1) is 19.4. The molecule has 1 fully saturated rings. The predicted octanol–water partition coefficient (Wildman–Crippen LogP) is 3.12. The quantitative estimate of drug-likeness (QED) is 0.203. The number of amides is 2. The van der Waals surface area contributed by atoms with E-state index in [2.05, 4.69) is 31.2 Å². The summed E-state index contributed by atoms with van der Waals surface area (Å²) in [5.41, 5.74) is 2.86. The van der Waals surface area contributed by atoms with Crippen LogP contribution in [0.4, 0.5) is 11.5 Å². The summed E-state index contributed by atoms with van der Waals surface area (Å²) in [5.74, 6) is 0.204. The summed E-state index contributed by atoms with van der Waals surface area (Å²) in [6.45, 7) is 1.01. The molecule has 0 spiro atoms. The summed E-state index contributed by atoms with van der Waals surface area (Å²) < 4.78 is 5.43. The van der Waals surface area contributed by atoms with Crippen LogP contribution in [0.5, 0.6) is 5.75 Å². The van der Waals surface area contributed by atoms with Crippen LogP contribution in [0.3, 0.4) is 0 Å². The minimum absolute atomic E-state index is 0.107. The van der Waals surface area contributed by atoms with E-state index in [0.717, 1.165) is 35.5 Å². The molecule has 2 amide bonds. The van der Waals surface area contributed by atoms with Crippen LogP contribution in [0, 0.1) is 0 Å². The van der Waals surface area contributed by atoms with Gasteiger partial charge in [0.25, 0.3) is 5.91 Å². The van der Waals surface area contributed by atoms with E-state index < -0.39 is 5.97 Å². The zero-order valence-corrected chi connectivity index (χ0v) is 22.4. The number of para-hydroxylation sites is 1. The van der Waals surface area contributed by atoms with E-state index in [1.54, 1.807) is 31.4 Å². The first-order valence-electron chi connectivity index (χ1n) is 13.3. The van der Waals surface area contributed by atoms with E-state index in [4.69, 9.17) is 9.84 Å². The second kappa shape index (κ2) is 14.0. The highest BCUT2D eigenvalue weighted by Gasteiger charge is 2.30. The Bertz CT molecular complexity index is 1320. The molecule has 3 aromatic rings. The second-order valence-electron chi connectivity index (χ2n) is 9.55. The van der Waals surface area contributed by atoms with Gasteiger partial charge in [-0.3, -0.25) is 14.4 Å². The van der Waals surface area contributed by atoms with Gasteiger partial charge in [-0.05, 0) is 55.7 Å². The first kappa shape index (κ1) is 28.5. The van der Waals surface area contributed by atoms with Crippen LogP contribution in [0.25, 0.3) is 11.3 Å². The van der Waals surface area contributed by atoms with Gasteiger partial charge in [0.1, 0.15) is 17.9 Å². The number of hydrogen-bond acceptors (Lipinski definition) is 8. The lowest BCUT2D eigenvalue weighted by atomic mass is 10.1. The van der Waals surface area contributed by atoms with E-state index >= 15 is 0 Å². The van der Waals surface area contributed by atoms with Crippen molar-refractivity contribution in [2.75, 3.05) is 25.5 Å². The average molecular weight is 547 g/mol. The van der Waals surface area contributed by atoms with E-state index in [1.165, 1.54) is 6.33 Å². The first-order valence-corrected chi connectivity index (χ1v) is 13.3. The molecule has 210 valence electrons. The summed E-state index contributed by atoms with van der Waals surface area (Å²) in [6, 6.07) is 16.0. The molecule has 1 aromatic heterocycles. The van der Waals surface area contributed by atoms with Crippen LogP contribution in [0.1, 0.15) is 42.5 Å². The fraction of sp³-hybridized carbons (Fsp3) is 0.345. The Hall–Kier alpha value is -4.51. The number of anilines is 2. The number of nitrogens with zero attached hydrogens (tertiary/aromatic N) is 2. The monoisotopic (exact) mass is 546 g/mol. The Labute approximate surface area is 232 Å². The van der Waals surface area contributed by atoms with Gasteiger partial charge in [-0.2, -0.15) is 0 Å². The average Bonchev–Trinajstić information content (AvgIpc) is 3.43. The topological polar surface area (TPSA) is 155 Å². The lowest BCUT2D eigenvalue weighted by Crippen LogP contribution is -2.40. The minimum Gasteiger partial charge on any atom is -0.496 e. The van der Waals surface area contributed by atoms with Crippen molar-refractivity contribution < 1.29 is 24.2 Å². The van der Waals surface area contributed by atoms with Crippen molar-refractivity contribution in [1.29, 1.82) is 0 Å². The van der Waals surface area contributed by atoms with Crippen LogP contribution in [-0.2, 0) is 9.59 Å². The summed E-state index contributed by atoms with van der Waals surface area (Å²) in [5, 5.41) is 20.9. The molecule has 5 N–H and O–H groups in total. The van der Waals surface area contributed by atoms with Crippen molar-refractivity contribution in [2.24, 2.45) is 0 Å². The third-order valence-corrected chi connectivity index (χ3v) is 6.62. The number of unbranched alkanes of at least 4 members (excludes halogenated alkanes) is 2. The van der Waals surface area contributed by atoms with Crippen molar-refractivity contribution in [2.45, 2.75) is 44.2 Å². The van der Waals surface area contributed by atoms with Crippen LogP contribution >= 0.6 is 0 Å². The fourth-order valence-electron chi connectivity index (χ4n) is 4.51. The number of carbonyl (C=O) groups excluding carboxylic acids is 2. The third-order valence-electron chi connectivity index (χ3n) is 6.62. The number of carboxylic acid groups (broad SMARTS) is 1. The fourth-order valence-corrected chi connectivity index (χ4v) is 4.51. The molecule has 0 saturated carbocycles. The van der Waals surface area contributed by atoms with E-state index in [9.17, 15) is 14.4 Å². The zero-order chi connectivity index (χ0) is 28.3. The number of hydrogen-bond donors (Lipinski definition) is 5. The minimum atomic E-state index is -0.804. The number of aliphatic carboxylic acids is 1. The van der Waals surface area contributed by atoms with Gasteiger partial charge < -0.3 is 31.1 Å². The van der Waals surface area contributed by atoms with Crippen LogP contribution in [-0.4, -0.2) is 65.1 Å². The standard InChI is InChI=1S/C29H34N6O5/c1-40-25-8-5-4-7-22(25)23-16-26(33-18-32-23)34-20-12-10-19(11-13-20)28(38)35-21-15-24(31-17-21)29(39)30-14-6-2-3-9-27(36)37/h4-5,7-8,10-13,16,18,21,24,31H,2-3,6,9,14-15,17H2,1H3,(H,30,39)(H,35,38)(H,36,37)(H,32,33,34). The van der Waals surface area contributed by atoms with Gasteiger partial charge in [0, 0.05) is 48.4 Å². The SMILES string of the molecule is COc1ccccc1-c1cc(Nc2ccc(C(=O)NC3CNC(C(=O)NCCCCCC(=O)O)C3)cc2)ncn1. The molecule has 2 heterocycles. The normalized spacial score (nSPS) is 16.2. The van der Waals surface area contributed by atoms with Crippen molar-refractivity contribution in [3.05, 3.63) is 66.5 Å².